The zero-order valence-corrected chi connectivity index (χ0v) is 11.7. The van der Waals surface area contributed by atoms with Gasteiger partial charge < -0.3 is 5.73 Å². The van der Waals surface area contributed by atoms with Crippen LogP contribution in [0.5, 0.6) is 0 Å². The maximum atomic E-state index is 5.85. The molecule has 2 nitrogen and oxygen atoms in total. The quantitative estimate of drug-likeness (QED) is 0.854. The van der Waals surface area contributed by atoms with Gasteiger partial charge in [-0.05, 0) is 40.8 Å². The molecule has 2 rings (SSSR count). The molecule has 0 spiro atoms. The third kappa shape index (κ3) is 3.39. The summed E-state index contributed by atoms with van der Waals surface area (Å²) in [5, 5.41) is 0. The molecule has 0 amide bonds. The molecule has 1 saturated carbocycles. The number of aromatic nitrogens is 1. The first-order chi connectivity index (χ1) is 7.75. The average Bonchev–Trinajstić information content (AvgIpc) is 2.32. The topological polar surface area (TPSA) is 38.9 Å². The molecule has 16 heavy (non-hydrogen) atoms. The highest BCUT2D eigenvalue weighted by atomic mass is 79.9. The van der Waals surface area contributed by atoms with Crippen molar-refractivity contribution in [1.82, 2.24) is 4.98 Å². The van der Waals surface area contributed by atoms with E-state index >= 15 is 0 Å². The van der Waals surface area contributed by atoms with Crippen LogP contribution < -0.4 is 5.73 Å². The number of nitrogens with two attached hydrogens (primary N) is 1. The van der Waals surface area contributed by atoms with Gasteiger partial charge in [0.1, 0.15) is 5.82 Å². The Balaban J connectivity index is 1.90. The first-order valence-electron chi connectivity index (χ1n) is 5.79. The smallest absolute Gasteiger partial charge is 0.137 e. The zero-order chi connectivity index (χ0) is 11.4. The lowest BCUT2D eigenvalue weighted by atomic mass is 9.91. The van der Waals surface area contributed by atoms with Crippen LogP contribution >= 0.6 is 27.7 Å². The lowest BCUT2D eigenvalue weighted by molar-refractivity contribution is 0.391. The summed E-state index contributed by atoms with van der Waals surface area (Å²) < 4.78 is 1.01. The molecule has 88 valence electrons. The van der Waals surface area contributed by atoms with Crippen LogP contribution in [0.4, 0.5) is 5.82 Å². The van der Waals surface area contributed by atoms with Gasteiger partial charge in [0.15, 0.2) is 0 Å². The SMILES string of the molecule is Nc1ncc(Br)cc1SCC1CCCCC1. The Bertz CT molecular complexity index is 351. The summed E-state index contributed by atoms with van der Waals surface area (Å²) in [5.74, 6) is 2.71. The van der Waals surface area contributed by atoms with Crippen molar-refractivity contribution in [3.8, 4) is 0 Å². The molecular weight excluding hydrogens is 284 g/mol. The van der Waals surface area contributed by atoms with E-state index in [4.69, 9.17) is 5.73 Å². The number of hydrogen-bond donors (Lipinski definition) is 1. The number of hydrogen-bond acceptors (Lipinski definition) is 3. The first kappa shape index (κ1) is 12.2. The summed E-state index contributed by atoms with van der Waals surface area (Å²) in [6, 6.07) is 2.07. The molecule has 1 aromatic rings. The minimum Gasteiger partial charge on any atom is -0.383 e. The Morgan fingerprint density at radius 3 is 2.88 bits per heavy atom. The van der Waals surface area contributed by atoms with E-state index in [0.29, 0.717) is 5.82 Å². The minimum absolute atomic E-state index is 0.656. The molecule has 1 aromatic heterocycles. The third-order valence-corrected chi connectivity index (χ3v) is 4.76. The van der Waals surface area contributed by atoms with Crippen LogP contribution in [-0.4, -0.2) is 10.7 Å². The maximum Gasteiger partial charge on any atom is 0.137 e. The van der Waals surface area contributed by atoms with E-state index in [9.17, 15) is 0 Å². The van der Waals surface area contributed by atoms with Gasteiger partial charge in [0.25, 0.3) is 0 Å². The van der Waals surface area contributed by atoms with Crippen LogP contribution in [0.1, 0.15) is 32.1 Å². The number of nitrogen functional groups attached to an aromatic ring is 1. The van der Waals surface area contributed by atoms with Gasteiger partial charge in [-0.2, -0.15) is 0 Å². The summed E-state index contributed by atoms with van der Waals surface area (Å²) in [7, 11) is 0. The van der Waals surface area contributed by atoms with Gasteiger partial charge in [-0.1, -0.05) is 19.3 Å². The summed E-state index contributed by atoms with van der Waals surface area (Å²) in [6.07, 6.45) is 8.74. The molecule has 1 heterocycles. The van der Waals surface area contributed by atoms with Gasteiger partial charge in [0, 0.05) is 16.4 Å². The van der Waals surface area contributed by atoms with Crippen LogP contribution in [0.15, 0.2) is 21.6 Å². The summed E-state index contributed by atoms with van der Waals surface area (Å²) in [5.41, 5.74) is 5.85. The van der Waals surface area contributed by atoms with E-state index in [0.717, 1.165) is 15.3 Å². The predicted molar refractivity (Wildman–Crippen MR) is 73.6 cm³/mol. The number of pyridine rings is 1. The van der Waals surface area contributed by atoms with Crippen LogP contribution in [-0.2, 0) is 0 Å². The molecule has 0 atom stereocenters. The standard InChI is InChI=1S/C12H17BrN2S/c13-10-6-11(12(14)15-7-10)16-8-9-4-2-1-3-5-9/h6-7,9H,1-5,8H2,(H2,14,15). The molecule has 1 fully saturated rings. The fourth-order valence-electron chi connectivity index (χ4n) is 2.11. The minimum atomic E-state index is 0.656. The number of rotatable bonds is 3. The molecule has 0 saturated heterocycles. The second-order valence-corrected chi connectivity index (χ2v) is 6.33. The largest absolute Gasteiger partial charge is 0.383 e. The monoisotopic (exact) mass is 300 g/mol. The molecule has 0 bridgehead atoms. The van der Waals surface area contributed by atoms with Crippen molar-refractivity contribution in [1.29, 1.82) is 0 Å². The van der Waals surface area contributed by atoms with Gasteiger partial charge >= 0.3 is 0 Å². The fourth-order valence-corrected chi connectivity index (χ4v) is 3.75. The fraction of sp³-hybridized carbons (Fsp3) is 0.583. The molecule has 1 aliphatic rings. The second kappa shape index (κ2) is 5.92. The number of thioether (sulfide) groups is 1. The van der Waals surface area contributed by atoms with Crippen LogP contribution in [0, 0.1) is 5.92 Å². The molecule has 2 N–H and O–H groups in total. The van der Waals surface area contributed by atoms with Gasteiger partial charge in [0.2, 0.25) is 0 Å². The van der Waals surface area contributed by atoms with Crippen LogP contribution in [0.3, 0.4) is 0 Å². The summed E-state index contributed by atoms with van der Waals surface area (Å²) >= 11 is 5.28. The van der Waals surface area contributed by atoms with Crippen molar-refractivity contribution in [2.45, 2.75) is 37.0 Å². The predicted octanol–water partition coefficient (Wildman–Crippen LogP) is 4.10. The highest BCUT2D eigenvalue weighted by Gasteiger charge is 2.14. The van der Waals surface area contributed by atoms with Gasteiger partial charge in [-0.15, -0.1) is 11.8 Å². The number of anilines is 1. The lowest BCUT2D eigenvalue weighted by Crippen LogP contribution is -2.08. The van der Waals surface area contributed by atoms with Gasteiger partial charge in [-0.3, -0.25) is 0 Å². The third-order valence-electron chi connectivity index (χ3n) is 3.05. The van der Waals surface area contributed by atoms with Crippen molar-refractivity contribution in [3.05, 3.63) is 16.7 Å². The number of nitrogens with zero attached hydrogens (tertiary/aromatic N) is 1. The van der Waals surface area contributed by atoms with Crippen molar-refractivity contribution >= 4 is 33.5 Å². The highest BCUT2D eigenvalue weighted by molar-refractivity contribution is 9.10. The molecule has 4 heteroatoms. The summed E-state index contributed by atoms with van der Waals surface area (Å²) in [4.78, 5) is 5.26. The van der Waals surface area contributed by atoms with Crippen molar-refractivity contribution < 1.29 is 0 Å². The molecule has 0 unspecified atom stereocenters. The highest BCUT2D eigenvalue weighted by Crippen LogP contribution is 2.32. The van der Waals surface area contributed by atoms with Crippen LogP contribution in [0.2, 0.25) is 0 Å². The Morgan fingerprint density at radius 1 is 1.38 bits per heavy atom. The van der Waals surface area contributed by atoms with E-state index in [-0.39, 0.29) is 0 Å². The molecule has 0 aromatic carbocycles. The van der Waals surface area contributed by atoms with E-state index in [1.807, 2.05) is 11.8 Å². The van der Waals surface area contributed by atoms with Gasteiger partial charge in [-0.25, -0.2) is 4.98 Å². The van der Waals surface area contributed by atoms with Gasteiger partial charge in [0.05, 0.1) is 4.90 Å². The molecule has 0 radical (unpaired) electrons. The Morgan fingerprint density at radius 2 is 2.12 bits per heavy atom. The normalized spacial score (nSPS) is 17.6. The van der Waals surface area contributed by atoms with E-state index in [1.165, 1.54) is 37.9 Å². The van der Waals surface area contributed by atoms with E-state index < -0.39 is 0 Å². The Hall–Kier alpha value is -0.220. The molecular formula is C12H17BrN2S. The van der Waals surface area contributed by atoms with Crippen LogP contribution in [0.25, 0.3) is 0 Å². The first-order valence-corrected chi connectivity index (χ1v) is 7.57. The second-order valence-electron chi connectivity index (χ2n) is 4.35. The number of halogens is 1. The maximum absolute atomic E-state index is 5.85. The van der Waals surface area contributed by atoms with Crippen molar-refractivity contribution in [3.63, 3.8) is 0 Å². The van der Waals surface area contributed by atoms with E-state index in [1.54, 1.807) is 6.20 Å². The average molecular weight is 301 g/mol. The molecule has 1 aliphatic carbocycles. The molecule has 0 aliphatic heterocycles. The van der Waals surface area contributed by atoms with E-state index in [2.05, 4.69) is 27.0 Å². The zero-order valence-electron chi connectivity index (χ0n) is 9.29. The van der Waals surface area contributed by atoms with Crippen molar-refractivity contribution in [2.75, 3.05) is 11.5 Å². The lowest BCUT2D eigenvalue weighted by Gasteiger charge is -2.21. The Labute approximate surface area is 110 Å². The summed E-state index contributed by atoms with van der Waals surface area (Å²) in [6.45, 7) is 0. The Kier molecular flexibility index (Phi) is 4.53. The van der Waals surface area contributed by atoms with Crippen molar-refractivity contribution in [2.24, 2.45) is 5.92 Å².